The number of nitrogens with one attached hydrogen (secondary N) is 1. The zero-order valence-corrected chi connectivity index (χ0v) is 11.1. The second-order valence-corrected chi connectivity index (χ2v) is 4.26. The minimum Gasteiger partial charge on any atom is -0.494 e. The zero-order valence-electron chi connectivity index (χ0n) is 11.1. The molecule has 1 aromatic carbocycles. The molecule has 19 heavy (non-hydrogen) atoms. The first-order chi connectivity index (χ1) is 9.19. The number of hydrogen-bond acceptors (Lipinski definition) is 3. The summed E-state index contributed by atoms with van der Waals surface area (Å²) in [5.41, 5.74) is 1.77. The van der Waals surface area contributed by atoms with Crippen LogP contribution < -0.4 is 10.1 Å². The number of hydrogen-bond donors (Lipinski definition) is 1. The average Bonchev–Trinajstić information content (AvgIpc) is 2.41. The van der Waals surface area contributed by atoms with E-state index in [2.05, 4.69) is 10.3 Å². The molecule has 0 aliphatic carbocycles. The molecule has 3 nitrogen and oxygen atoms in total. The van der Waals surface area contributed by atoms with Gasteiger partial charge in [-0.05, 0) is 49.7 Å². The summed E-state index contributed by atoms with van der Waals surface area (Å²) < 4.78 is 18.5. The number of benzene rings is 1. The van der Waals surface area contributed by atoms with Gasteiger partial charge in [-0.1, -0.05) is 0 Å². The molecule has 4 heteroatoms. The first kappa shape index (κ1) is 13.3. The molecule has 2 rings (SSSR count). The first-order valence-corrected chi connectivity index (χ1v) is 6.29. The third-order valence-corrected chi connectivity index (χ3v) is 2.77. The zero-order chi connectivity index (χ0) is 13.7. The van der Waals surface area contributed by atoms with Crippen LogP contribution >= 0.6 is 0 Å². The Balaban J connectivity index is 2.04. The lowest BCUT2D eigenvalue weighted by molar-refractivity contribution is 0.340. The van der Waals surface area contributed by atoms with Crippen LogP contribution in [0.5, 0.6) is 5.75 Å². The average molecular weight is 260 g/mol. The van der Waals surface area contributed by atoms with Gasteiger partial charge in [0.25, 0.3) is 0 Å². The van der Waals surface area contributed by atoms with Crippen molar-refractivity contribution in [3.63, 3.8) is 0 Å². The molecule has 0 bridgehead atoms. The number of pyridine rings is 1. The number of ether oxygens (including phenoxy) is 1. The van der Waals surface area contributed by atoms with E-state index in [-0.39, 0.29) is 11.9 Å². The van der Waals surface area contributed by atoms with Crippen molar-refractivity contribution < 1.29 is 9.13 Å². The molecule has 0 saturated carbocycles. The standard InChI is InChI=1S/C15H17FN2O/c1-3-19-15-6-4-14(5-7-15)18-11(2)12-8-13(16)10-17-9-12/h4-11,18H,3H2,1-2H3. The quantitative estimate of drug-likeness (QED) is 0.888. The highest BCUT2D eigenvalue weighted by molar-refractivity contribution is 5.48. The van der Waals surface area contributed by atoms with E-state index in [4.69, 9.17) is 4.74 Å². The Kier molecular flexibility index (Phi) is 4.34. The predicted molar refractivity (Wildman–Crippen MR) is 73.8 cm³/mol. The van der Waals surface area contributed by atoms with Crippen LogP contribution in [0.4, 0.5) is 10.1 Å². The van der Waals surface area contributed by atoms with Gasteiger partial charge in [0.15, 0.2) is 0 Å². The van der Waals surface area contributed by atoms with Gasteiger partial charge in [0.05, 0.1) is 18.8 Å². The second-order valence-electron chi connectivity index (χ2n) is 4.26. The van der Waals surface area contributed by atoms with E-state index in [1.54, 1.807) is 6.20 Å². The van der Waals surface area contributed by atoms with E-state index in [9.17, 15) is 4.39 Å². The van der Waals surface area contributed by atoms with Crippen molar-refractivity contribution in [3.8, 4) is 5.75 Å². The van der Waals surface area contributed by atoms with Crippen LogP contribution in [0.2, 0.25) is 0 Å². The van der Waals surface area contributed by atoms with Crippen molar-refractivity contribution in [1.82, 2.24) is 4.98 Å². The normalized spacial score (nSPS) is 11.9. The van der Waals surface area contributed by atoms with E-state index < -0.39 is 0 Å². The summed E-state index contributed by atoms with van der Waals surface area (Å²) in [6.45, 7) is 4.57. The Morgan fingerprint density at radius 3 is 2.63 bits per heavy atom. The fraction of sp³-hybridized carbons (Fsp3) is 0.267. The van der Waals surface area contributed by atoms with E-state index in [0.29, 0.717) is 6.61 Å². The summed E-state index contributed by atoms with van der Waals surface area (Å²) >= 11 is 0. The molecule has 0 spiro atoms. The second kappa shape index (κ2) is 6.18. The minimum absolute atomic E-state index is 0.0128. The number of rotatable bonds is 5. The molecule has 100 valence electrons. The SMILES string of the molecule is CCOc1ccc(NC(C)c2cncc(F)c2)cc1. The summed E-state index contributed by atoms with van der Waals surface area (Å²) in [7, 11) is 0. The smallest absolute Gasteiger partial charge is 0.141 e. The topological polar surface area (TPSA) is 34.1 Å². The monoisotopic (exact) mass is 260 g/mol. The third kappa shape index (κ3) is 3.68. The predicted octanol–water partition coefficient (Wildman–Crippen LogP) is 3.79. The summed E-state index contributed by atoms with van der Waals surface area (Å²) in [5, 5.41) is 3.29. The van der Waals surface area contributed by atoms with Crippen LogP contribution in [-0.4, -0.2) is 11.6 Å². The Bertz CT molecular complexity index is 528. The molecule has 0 amide bonds. The highest BCUT2D eigenvalue weighted by Crippen LogP contribution is 2.21. The highest BCUT2D eigenvalue weighted by Gasteiger charge is 2.06. The first-order valence-electron chi connectivity index (χ1n) is 6.29. The largest absolute Gasteiger partial charge is 0.494 e. The Labute approximate surface area is 112 Å². The van der Waals surface area contributed by atoms with E-state index in [1.165, 1.54) is 12.3 Å². The van der Waals surface area contributed by atoms with Crippen LogP contribution in [-0.2, 0) is 0 Å². The van der Waals surface area contributed by atoms with Crippen molar-refractivity contribution in [2.45, 2.75) is 19.9 Å². The van der Waals surface area contributed by atoms with Gasteiger partial charge in [-0.3, -0.25) is 4.98 Å². The van der Waals surface area contributed by atoms with Gasteiger partial charge in [-0.25, -0.2) is 4.39 Å². The van der Waals surface area contributed by atoms with Crippen molar-refractivity contribution in [1.29, 1.82) is 0 Å². The van der Waals surface area contributed by atoms with Crippen molar-refractivity contribution in [2.75, 3.05) is 11.9 Å². The molecule has 0 aliphatic rings. The van der Waals surface area contributed by atoms with Gasteiger partial charge >= 0.3 is 0 Å². The molecule has 0 saturated heterocycles. The molecule has 1 aromatic heterocycles. The number of nitrogens with zero attached hydrogens (tertiary/aromatic N) is 1. The molecule has 0 aliphatic heterocycles. The molecular formula is C15H17FN2O. The highest BCUT2D eigenvalue weighted by atomic mass is 19.1. The van der Waals surface area contributed by atoms with Gasteiger partial charge in [-0.15, -0.1) is 0 Å². The minimum atomic E-state index is -0.321. The summed E-state index contributed by atoms with van der Waals surface area (Å²) in [6, 6.07) is 9.16. The Morgan fingerprint density at radius 1 is 1.26 bits per heavy atom. The lowest BCUT2D eigenvalue weighted by atomic mass is 10.1. The van der Waals surface area contributed by atoms with Gasteiger partial charge in [0.1, 0.15) is 11.6 Å². The molecule has 2 aromatic rings. The molecule has 1 atom stereocenters. The molecule has 0 radical (unpaired) electrons. The van der Waals surface area contributed by atoms with Crippen molar-refractivity contribution in [2.24, 2.45) is 0 Å². The molecule has 1 unspecified atom stereocenters. The Hall–Kier alpha value is -2.10. The van der Waals surface area contributed by atoms with Gasteiger partial charge in [0, 0.05) is 11.9 Å². The van der Waals surface area contributed by atoms with Gasteiger partial charge in [0.2, 0.25) is 0 Å². The van der Waals surface area contributed by atoms with Crippen molar-refractivity contribution in [3.05, 3.63) is 54.1 Å². The van der Waals surface area contributed by atoms with E-state index in [1.807, 2.05) is 38.1 Å². The van der Waals surface area contributed by atoms with Gasteiger partial charge < -0.3 is 10.1 Å². The van der Waals surface area contributed by atoms with Crippen LogP contribution in [0.1, 0.15) is 25.5 Å². The summed E-state index contributed by atoms with van der Waals surface area (Å²) in [6.07, 6.45) is 2.86. The molecule has 0 fully saturated rings. The Morgan fingerprint density at radius 2 is 2.00 bits per heavy atom. The lowest BCUT2D eigenvalue weighted by Gasteiger charge is -2.15. The molecule has 1 N–H and O–H groups in total. The summed E-state index contributed by atoms with van der Waals surface area (Å²) in [4.78, 5) is 3.85. The third-order valence-electron chi connectivity index (χ3n) is 2.77. The van der Waals surface area contributed by atoms with Crippen LogP contribution in [0, 0.1) is 5.82 Å². The number of halogens is 1. The molecular weight excluding hydrogens is 243 g/mol. The van der Waals surface area contributed by atoms with Gasteiger partial charge in [-0.2, -0.15) is 0 Å². The maximum atomic E-state index is 13.1. The maximum absolute atomic E-state index is 13.1. The molecule has 1 heterocycles. The van der Waals surface area contributed by atoms with Crippen LogP contribution in [0.25, 0.3) is 0 Å². The summed E-state index contributed by atoms with van der Waals surface area (Å²) in [5.74, 6) is 0.519. The van der Waals surface area contributed by atoms with Crippen molar-refractivity contribution >= 4 is 5.69 Å². The fourth-order valence-corrected chi connectivity index (χ4v) is 1.81. The fourth-order valence-electron chi connectivity index (χ4n) is 1.81. The number of anilines is 1. The van der Waals surface area contributed by atoms with E-state index in [0.717, 1.165) is 17.0 Å². The number of aromatic nitrogens is 1. The van der Waals surface area contributed by atoms with Crippen LogP contribution in [0.15, 0.2) is 42.7 Å². The van der Waals surface area contributed by atoms with E-state index >= 15 is 0 Å². The van der Waals surface area contributed by atoms with Crippen LogP contribution in [0.3, 0.4) is 0 Å². The lowest BCUT2D eigenvalue weighted by Crippen LogP contribution is -2.07. The maximum Gasteiger partial charge on any atom is 0.141 e.